The Morgan fingerprint density at radius 1 is 1.18 bits per heavy atom. The Bertz CT molecular complexity index is 895. The Hall–Kier alpha value is -2.33. The zero-order chi connectivity index (χ0) is 19.3. The largest absolute Gasteiger partial charge is 0.494 e. The van der Waals surface area contributed by atoms with Gasteiger partial charge in [0, 0.05) is 13.2 Å². The number of aromatic nitrogens is 2. The number of nitrogens with zero attached hydrogens (tertiary/aromatic N) is 2. The summed E-state index contributed by atoms with van der Waals surface area (Å²) >= 11 is 0. The van der Waals surface area contributed by atoms with Crippen LogP contribution in [0.15, 0.2) is 48.5 Å². The molecule has 1 aliphatic heterocycles. The molecule has 3 aromatic rings. The van der Waals surface area contributed by atoms with Crippen LogP contribution in [-0.2, 0) is 11.3 Å². The van der Waals surface area contributed by atoms with Gasteiger partial charge >= 0.3 is 0 Å². The number of fused-ring (bicyclic) bond motifs is 1. The lowest BCUT2D eigenvalue weighted by Gasteiger charge is -2.14. The molecule has 148 valence electrons. The van der Waals surface area contributed by atoms with E-state index in [4.69, 9.17) is 14.5 Å². The van der Waals surface area contributed by atoms with E-state index in [0.29, 0.717) is 12.5 Å². The van der Waals surface area contributed by atoms with E-state index in [1.165, 1.54) is 11.1 Å². The first-order chi connectivity index (χ1) is 13.8. The Morgan fingerprint density at radius 3 is 2.75 bits per heavy atom. The van der Waals surface area contributed by atoms with E-state index in [1.807, 2.05) is 6.07 Å². The molecule has 4 rings (SSSR count). The summed E-state index contributed by atoms with van der Waals surface area (Å²) in [6.07, 6.45) is 4.40. The normalized spacial score (nSPS) is 17.9. The minimum absolute atomic E-state index is 0.126. The van der Waals surface area contributed by atoms with Gasteiger partial charge in [0.1, 0.15) is 17.7 Å². The smallest absolute Gasteiger partial charge is 0.139 e. The molecule has 0 spiro atoms. The molecular weight excluding hydrogens is 348 g/mol. The van der Waals surface area contributed by atoms with Crippen molar-refractivity contribution in [1.29, 1.82) is 0 Å². The molecule has 2 atom stereocenters. The number of imidazole rings is 1. The summed E-state index contributed by atoms with van der Waals surface area (Å²) in [6, 6.07) is 16.9. The molecule has 0 amide bonds. The van der Waals surface area contributed by atoms with Crippen molar-refractivity contribution in [2.75, 3.05) is 13.2 Å². The van der Waals surface area contributed by atoms with Crippen LogP contribution in [0.2, 0.25) is 0 Å². The van der Waals surface area contributed by atoms with Gasteiger partial charge in [-0.15, -0.1) is 0 Å². The lowest BCUT2D eigenvalue weighted by Crippen LogP contribution is -2.11. The Kier molecular flexibility index (Phi) is 5.96. The van der Waals surface area contributed by atoms with Crippen LogP contribution in [-0.4, -0.2) is 22.8 Å². The summed E-state index contributed by atoms with van der Waals surface area (Å²) in [5.41, 5.74) is 3.61. The fourth-order valence-electron chi connectivity index (χ4n) is 3.90. The molecule has 0 bridgehead atoms. The Labute approximate surface area is 167 Å². The van der Waals surface area contributed by atoms with Gasteiger partial charge in [0.25, 0.3) is 0 Å². The van der Waals surface area contributed by atoms with Crippen molar-refractivity contribution in [3.8, 4) is 5.75 Å². The molecule has 28 heavy (non-hydrogen) atoms. The van der Waals surface area contributed by atoms with Crippen LogP contribution in [0.5, 0.6) is 5.75 Å². The third-order valence-electron chi connectivity index (χ3n) is 5.76. The molecule has 0 saturated carbocycles. The molecule has 1 saturated heterocycles. The maximum absolute atomic E-state index is 5.99. The molecule has 0 aliphatic carbocycles. The number of benzene rings is 2. The quantitative estimate of drug-likeness (QED) is 0.460. The topological polar surface area (TPSA) is 36.3 Å². The molecule has 1 fully saturated rings. The van der Waals surface area contributed by atoms with Gasteiger partial charge in [-0.25, -0.2) is 4.98 Å². The van der Waals surface area contributed by atoms with Crippen molar-refractivity contribution in [2.45, 2.75) is 58.1 Å². The second kappa shape index (κ2) is 8.78. The van der Waals surface area contributed by atoms with Gasteiger partial charge in [0.2, 0.25) is 0 Å². The number of ether oxygens (including phenoxy) is 2. The van der Waals surface area contributed by atoms with E-state index in [-0.39, 0.29) is 6.10 Å². The van der Waals surface area contributed by atoms with Crippen LogP contribution in [0.1, 0.15) is 62.9 Å². The summed E-state index contributed by atoms with van der Waals surface area (Å²) in [5.74, 6) is 2.61. The van der Waals surface area contributed by atoms with E-state index >= 15 is 0 Å². The first-order valence-electron chi connectivity index (χ1n) is 10.6. The van der Waals surface area contributed by atoms with Crippen LogP contribution in [0, 0.1) is 0 Å². The summed E-state index contributed by atoms with van der Waals surface area (Å²) in [4.78, 5) is 4.86. The van der Waals surface area contributed by atoms with E-state index in [0.717, 1.165) is 55.9 Å². The molecule has 4 nitrogen and oxygen atoms in total. The number of hydrogen-bond acceptors (Lipinski definition) is 3. The van der Waals surface area contributed by atoms with Gasteiger partial charge in [-0.05, 0) is 61.4 Å². The zero-order valence-corrected chi connectivity index (χ0v) is 16.9. The number of aryl methyl sites for hydroxylation is 1. The predicted octanol–water partition coefficient (Wildman–Crippen LogP) is 5.87. The number of para-hydroxylation sites is 2. The lowest BCUT2D eigenvalue weighted by molar-refractivity contribution is 0.102. The summed E-state index contributed by atoms with van der Waals surface area (Å²) in [5, 5.41) is 0. The highest BCUT2D eigenvalue weighted by atomic mass is 16.5. The molecule has 2 heterocycles. The molecule has 2 unspecified atom stereocenters. The highest BCUT2D eigenvalue weighted by Gasteiger charge is 2.24. The van der Waals surface area contributed by atoms with Gasteiger partial charge in [0.15, 0.2) is 0 Å². The van der Waals surface area contributed by atoms with Gasteiger partial charge in [-0.2, -0.15) is 0 Å². The van der Waals surface area contributed by atoms with Crippen molar-refractivity contribution in [3.63, 3.8) is 0 Å². The van der Waals surface area contributed by atoms with Crippen LogP contribution >= 0.6 is 0 Å². The highest BCUT2D eigenvalue weighted by Crippen LogP contribution is 2.30. The Morgan fingerprint density at radius 2 is 2.00 bits per heavy atom. The van der Waals surface area contributed by atoms with Crippen molar-refractivity contribution >= 4 is 11.0 Å². The van der Waals surface area contributed by atoms with Gasteiger partial charge in [-0.1, -0.05) is 38.1 Å². The van der Waals surface area contributed by atoms with E-state index in [2.05, 4.69) is 60.9 Å². The van der Waals surface area contributed by atoms with Crippen LogP contribution in [0.3, 0.4) is 0 Å². The standard InChI is InChI=1S/C24H30N2O2/c1-3-18(2)19-11-13-20(14-12-19)27-17-7-15-26-22-9-5-4-8-21(22)25-24(26)23-10-6-16-28-23/h4-5,8-9,11-14,18,23H,3,6-7,10,15-17H2,1-2H3. The predicted molar refractivity (Wildman–Crippen MR) is 113 cm³/mol. The average Bonchev–Trinajstić information content (AvgIpc) is 3.39. The fourth-order valence-corrected chi connectivity index (χ4v) is 3.90. The van der Waals surface area contributed by atoms with Gasteiger partial charge < -0.3 is 14.0 Å². The monoisotopic (exact) mass is 378 g/mol. The molecular formula is C24H30N2O2. The van der Waals surface area contributed by atoms with E-state index in [9.17, 15) is 0 Å². The van der Waals surface area contributed by atoms with Gasteiger partial charge in [0.05, 0.1) is 17.6 Å². The second-order valence-corrected chi connectivity index (χ2v) is 7.69. The SMILES string of the molecule is CCC(C)c1ccc(OCCCn2c(C3CCCO3)nc3ccccc32)cc1. The second-order valence-electron chi connectivity index (χ2n) is 7.69. The average molecular weight is 379 g/mol. The van der Waals surface area contributed by atoms with Crippen molar-refractivity contribution in [3.05, 3.63) is 59.9 Å². The van der Waals surface area contributed by atoms with E-state index in [1.54, 1.807) is 0 Å². The number of hydrogen-bond donors (Lipinski definition) is 0. The fraction of sp³-hybridized carbons (Fsp3) is 0.458. The molecule has 2 aromatic carbocycles. The lowest BCUT2D eigenvalue weighted by atomic mass is 9.99. The summed E-state index contributed by atoms with van der Waals surface area (Å²) in [6.45, 7) is 6.90. The summed E-state index contributed by atoms with van der Waals surface area (Å²) in [7, 11) is 0. The van der Waals surface area contributed by atoms with Crippen molar-refractivity contribution in [1.82, 2.24) is 9.55 Å². The van der Waals surface area contributed by atoms with E-state index < -0.39 is 0 Å². The third kappa shape index (κ3) is 4.07. The first kappa shape index (κ1) is 19.0. The first-order valence-corrected chi connectivity index (χ1v) is 10.6. The number of rotatable bonds is 8. The minimum atomic E-state index is 0.126. The van der Waals surface area contributed by atoms with Gasteiger partial charge in [-0.3, -0.25) is 0 Å². The molecule has 1 aliphatic rings. The summed E-state index contributed by atoms with van der Waals surface area (Å²) < 4.78 is 14.2. The van der Waals surface area contributed by atoms with Crippen LogP contribution in [0.25, 0.3) is 11.0 Å². The highest BCUT2D eigenvalue weighted by molar-refractivity contribution is 5.76. The zero-order valence-electron chi connectivity index (χ0n) is 16.9. The maximum atomic E-state index is 5.99. The Balaban J connectivity index is 1.39. The molecule has 1 aromatic heterocycles. The third-order valence-corrected chi connectivity index (χ3v) is 5.76. The molecule has 4 heteroatoms. The van der Waals surface area contributed by atoms with Crippen molar-refractivity contribution < 1.29 is 9.47 Å². The maximum Gasteiger partial charge on any atom is 0.139 e. The van der Waals surface area contributed by atoms with Crippen LogP contribution in [0.4, 0.5) is 0 Å². The molecule has 0 N–H and O–H groups in total. The molecule has 0 radical (unpaired) electrons. The minimum Gasteiger partial charge on any atom is -0.494 e. The van der Waals surface area contributed by atoms with Crippen LogP contribution < -0.4 is 4.74 Å². The van der Waals surface area contributed by atoms with Crippen molar-refractivity contribution in [2.24, 2.45) is 0 Å².